The van der Waals surface area contributed by atoms with Gasteiger partial charge in [-0.1, -0.05) is 37.5 Å². The van der Waals surface area contributed by atoms with Gasteiger partial charge in [-0.25, -0.2) is 4.79 Å². The van der Waals surface area contributed by atoms with Gasteiger partial charge < -0.3 is 9.64 Å². The highest BCUT2D eigenvalue weighted by molar-refractivity contribution is 5.73. The van der Waals surface area contributed by atoms with E-state index < -0.39 is 0 Å². The Morgan fingerprint density at radius 1 is 1.12 bits per heavy atom. The summed E-state index contributed by atoms with van der Waals surface area (Å²) < 4.78 is 5.38. The number of ether oxygens (including phenoxy) is 1. The molecule has 1 aromatic rings. The topological polar surface area (TPSA) is 29.5 Å². The van der Waals surface area contributed by atoms with Gasteiger partial charge in [0, 0.05) is 11.6 Å². The zero-order valence-electron chi connectivity index (χ0n) is 9.89. The first-order valence-corrected chi connectivity index (χ1v) is 6.41. The lowest BCUT2D eigenvalue weighted by Gasteiger charge is -2.36. The molecule has 0 radical (unpaired) electrons. The van der Waals surface area contributed by atoms with Crippen LogP contribution in [0.2, 0.25) is 0 Å². The SMILES string of the molecule is O=C1Oc2ccccc2CN1C1CCCCC1. The van der Waals surface area contributed by atoms with Crippen LogP contribution in [0.4, 0.5) is 4.79 Å². The summed E-state index contributed by atoms with van der Waals surface area (Å²) in [6.07, 6.45) is 5.84. The first kappa shape index (κ1) is 10.6. The molecule has 1 aromatic carbocycles. The molecule has 1 aliphatic carbocycles. The monoisotopic (exact) mass is 231 g/mol. The number of benzene rings is 1. The van der Waals surface area contributed by atoms with Gasteiger partial charge in [0.2, 0.25) is 0 Å². The van der Waals surface area contributed by atoms with E-state index in [2.05, 4.69) is 0 Å². The standard InChI is InChI=1S/C14H17NO2/c16-14-15(12-7-2-1-3-8-12)10-11-6-4-5-9-13(11)17-14/h4-6,9,12H,1-3,7-8,10H2. The van der Waals surface area contributed by atoms with Crippen LogP contribution in [0.3, 0.4) is 0 Å². The molecular formula is C14H17NO2. The summed E-state index contributed by atoms with van der Waals surface area (Å²) in [5, 5.41) is 0. The fraction of sp³-hybridized carbons (Fsp3) is 0.500. The van der Waals surface area contributed by atoms with Crippen molar-refractivity contribution in [1.82, 2.24) is 4.90 Å². The maximum Gasteiger partial charge on any atom is 0.415 e. The molecule has 3 rings (SSSR count). The summed E-state index contributed by atoms with van der Waals surface area (Å²) in [6.45, 7) is 0.708. The van der Waals surface area contributed by atoms with Crippen molar-refractivity contribution in [2.75, 3.05) is 0 Å². The summed E-state index contributed by atoms with van der Waals surface area (Å²) in [4.78, 5) is 13.9. The quantitative estimate of drug-likeness (QED) is 0.742. The first-order valence-electron chi connectivity index (χ1n) is 6.41. The third-order valence-corrected chi connectivity index (χ3v) is 3.76. The molecule has 0 N–H and O–H groups in total. The number of amides is 1. The fourth-order valence-corrected chi connectivity index (χ4v) is 2.81. The molecule has 1 aliphatic heterocycles. The highest BCUT2D eigenvalue weighted by atomic mass is 16.6. The second kappa shape index (κ2) is 4.40. The third-order valence-electron chi connectivity index (χ3n) is 3.76. The number of para-hydroxylation sites is 1. The molecule has 17 heavy (non-hydrogen) atoms. The van der Waals surface area contributed by atoms with E-state index in [1.54, 1.807) is 0 Å². The Balaban J connectivity index is 1.81. The van der Waals surface area contributed by atoms with Crippen molar-refractivity contribution in [2.24, 2.45) is 0 Å². The van der Waals surface area contributed by atoms with Gasteiger partial charge in [0.15, 0.2) is 0 Å². The zero-order chi connectivity index (χ0) is 11.7. The molecule has 0 aromatic heterocycles. The highest BCUT2D eigenvalue weighted by Crippen LogP contribution is 2.30. The maximum atomic E-state index is 12.0. The average Bonchev–Trinajstić information content (AvgIpc) is 2.39. The summed E-state index contributed by atoms with van der Waals surface area (Å²) >= 11 is 0. The van der Waals surface area contributed by atoms with Crippen LogP contribution in [0.15, 0.2) is 24.3 Å². The Morgan fingerprint density at radius 3 is 2.71 bits per heavy atom. The van der Waals surface area contributed by atoms with E-state index >= 15 is 0 Å². The lowest BCUT2D eigenvalue weighted by molar-refractivity contribution is 0.102. The van der Waals surface area contributed by atoms with Crippen LogP contribution in [-0.2, 0) is 6.54 Å². The second-order valence-electron chi connectivity index (χ2n) is 4.90. The molecule has 3 nitrogen and oxygen atoms in total. The summed E-state index contributed by atoms with van der Waals surface area (Å²) in [7, 11) is 0. The van der Waals surface area contributed by atoms with E-state index in [-0.39, 0.29) is 6.09 Å². The summed E-state index contributed by atoms with van der Waals surface area (Å²) in [6, 6.07) is 8.19. The molecule has 0 saturated heterocycles. The lowest BCUT2D eigenvalue weighted by atomic mass is 9.94. The second-order valence-corrected chi connectivity index (χ2v) is 4.90. The Bertz CT molecular complexity index is 424. The van der Waals surface area contributed by atoms with Crippen molar-refractivity contribution in [3.63, 3.8) is 0 Å². The van der Waals surface area contributed by atoms with Gasteiger partial charge in [0.05, 0.1) is 6.54 Å². The number of fused-ring (bicyclic) bond motifs is 1. The molecule has 3 heteroatoms. The minimum atomic E-state index is -0.171. The van der Waals surface area contributed by atoms with E-state index in [0.717, 1.165) is 24.2 Å². The molecule has 1 saturated carbocycles. The molecule has 1 heterocycles. The van der Waals surface area contributed by atoms with Crippen molar-refractivity contribution in [3.8, 4) is 5.75 Å². The number of nitrogens with zero attached hydrogens (tertiary/aromatic N) is 1. The van der Waals surface area contributed by atoms with Crippen LogP contribution in [-0.4, -0.2) is 17.0 Å². The van der Waals surface area contributed by atoms with Gasteiger partial charge in [-0.15, -0.1) is 0 Å². The van der Waals surface area contributed by atoms with Gasteiger partial charge in [-0.3, -0.25) is 0 Å². The van der Waals surface area contributed by atoms with E-state index in [1.807, 2.05) is 29.2 Å². The number of carbonyl (C=O) groups is 1. The van der Waals surface area contributed by atoms with Crippen molar-refractivity contribution in [1.29, 1.82) is 0 Å². The zero-order valence-corrected chi connectivity index (χ0v) is 9.89. The Morgan fingerprint density at radius 2 is 1.88 bits per heavy atom. The normalized spacial score (nSPS) is 20.9. The van der Waals surface area contributed by atoms with Crippen LogP contribution in [0.25, 0.3) is 0 Å². The third kappa shape index (κ3) is 2.02. The molecule has 0 unspecified atom stereocenters. The summed E-state index contributed by atoms with van der Waals surface area (Å²) in [5.74, 6) is 0.726. The van der Waals surface area contributed by atoms with Gasteiger partial charge in [-0.2, -0.15) is 0 Å². The smallest absolute Gasteiger partial charge is 0.410 e. The maximum absolute atomic E-state index is 12.0. The van der Waals surface area contributed by atoms with E-state index in [1.165, 1.54) is 19.3 Å². The average molecular weight is 231 g/mol. The van der Waals surface area contributed by atoms with Crippen LogP contribution < -0.4 is 4.74 Å². The Kier molecular flexibility index (Phi) is 2.75. The molecule has 90 valence electrons. The van der Waals surface area contributed by atoms with Crippen LogP contribution in [0, 0.1) is 0 Å². The molecule has 1 fully saturated rings. The van der Waals surface area contributed by atoms with Crippen molar-refractivity contribution >= 4 is 6.09 Å². The Labute approximate surface area is 101 Å². The van der Waals surface area contributed by atoms with E-state index in [0.29, 0.717) is 12.6 Å². The van der Waals surface area contributed by atoms with Gasteiger partial charge in [0.1, 0.15) is 5.75 Å². The van der Waals surface area contributed by atoms with Crippen molar-refractivity contribution in [3.05, 3.63) is 29.8 Å². The van der Waals surface area contributed by atoms with Crippen LogP contribution in [0.5, 0.6) is 5.75 Å². The predicted molar refractivity (Wildman–Crippen MR) is 64.9 cm³/mol. The van der Waals surface area contributed by atoms with Gasteiger partial charge >= 0.3 is 6.09 Å². The van der Waals surface area contributed by atoms with E-state index in [9.17, 15) is 4.79 Å². The molecule has 0 spiro atoms. The minimum Gasteiger partial charge on any atom is -0.410 e. The fourth-order valence-electron chi connectivity index (χ4n) is 2.81. The van der Waals surface area contributed by atoms with Crippen LogP contribution >= 0.6 is 0 Å². The lowest BCUT2D eigenvalue weighted by Crippen LogP contribution is -2.44. The molecule has 2 aliphatic rings. The number of hydrogen-bond acceptors (Lipinski definition) is 2. The predicted octanol–water partition coefficient (Wildman–Crippen LogP) is 3.33. The number of rotatable bonds is 1. The molecule has 0 bridgehead atoms. The number of carbonyl (C=O) groups excluding carboxylic acids is 1. The van der Waals surface area contributed by atoms with Crippen molar-refractivity contribution in [2.45, 2.75) is 44.7 Å². The molecular weight excluding hydrogens is 214 g/mol. The van der Waals surface area contributed by atoms with Gasteiger partial charge in [0.25, 0.3) is 0 Å². The van der Waals surface area contributed by atoms with Gasteiger partial charge in [-0.05, 0) is 18.9 Å². The first-order chi connectivity index (χ1) is 8.34. The van der Waals surface area contributed by atoms with E-state index in [4.69, 9.17) is 4.74 Å². The molecule has 1 amide bonds. The molecule has 0 atom stereocenters. The number of hydrogen-bond donors (Lipinski definition) is 0. The largest absolute Gasteiger partial charge is 0.415 e. The summed E-state index contributed by atoms with van der Waals surface area (Å²) in [5.41, 5.74) is 1.12. The van der Waals surface area contributed by atoms with Crippen molar-refractivity contribution < 1.29 is 9.53 Å². The minimum absolute atomic E-state index is 0.171. The highest BCUT2D eigenvalue weighted by Gasteiger charge is 2.31. The Hall–Kier alpha value is -1.51. The van der Waals surface area contributed by atoms with Crippen LogP contribution in [0.1, 0.15) is 37.7 Å².